The molecule has 1 aromatic carbocycles. The lowest BCUT2D eigenvalue weighted by atomic mass is 10.2. The van der Waals surface area contributed by atoms with Crippen LogP contribution in [0.4, 0.5) is 5.82 Å². The highest BCUT2D eigenvalue weighted by Gasteiger charge is 2.16. The predicted molar refractivity (Wildman–Crippen MR) is 99.6 cm³/mol. The summed E-state index contributed by atoms with van der Waals surface area (Å²) in [6.45, 7) is 2.03. The Kier molecular flexibility index (Phi) is 3.35. The summed E-state index contributed by atoms with van der Waals surface area (Å²) in [4.78, 5) is 24.5. The normalized spacial score (nSPS) is 11.3. The first-order chi connectivity index (χ1) is 11.6. The molecule has 0 atom stereocenters. The Bertz CT molecular complexity index is 1110. The van der Waals surface area contributed by atoms with Gasteiger partial charge in [0.15, 0.2) is 0 Å². The molecule has 0 spiro atoms. The van der Waals surface area contributed by atoms with Crippen LogP contribution >= 0.6 is 11.3 Å². The van der Waals surface area contributed by atoms with Gasteiger partial charge in [-0.15, -0.1) is 11.3 Å². The largest absolute Gasteiger partial charge is 0.362 e. The molecule has 0 aliphatic carbocycles. The van der Waals surface area contributed by atoms with Crippen molar-refractivity contribution in [2.24, 2.45) is 0 Å². The Morgan fingerprint density at radius 1 is 1.08 bits per heavy atom. The van der Waals surface area contributed by atoms with Gasteiger partial charge in [0.05, 0.1) is 5.39 Å². The van der Waals surface area contributed by atoms with Gasteiger partial charge in [0.25, 0.3) is 5.56 Å². The molecule has 0 fully saturated rings. The van der Waals surface area contributed by atoms with Gasteiger partial charge in [-0.3, -0.25) is 9.36 Å². The molecule has 0 saturated heterocycles. The van der Waals surface area contributed by atoms with Crippen molar-refractivity contribution in [3.05, 3.63) is 58.8 Å². The first-order valence-electron chi connectivity index (χ1n) is 7.59. The van der Waals surface area contributed by atoms with Crippen LogP contribution in [0.3, 0.4) is 0 Å². The molecule has 0 aliphatic rings. The van der Waals surface area contributed by atoms with E-state index < -0.39 is 0 Å². The standard InChI is InChI=1S/C18H16N4OS/c1-11-4-6-12(7-5-11)22-9-8-13-14-16(21(2)3)19-10-20-17(14)24-15(13)18(22)23/h4-10H,1-3H3. The Hall–Kier alpha value is -2.73. The minimum atomic E-state index is -0.0240. The van der Waals surface area contributed by atoms with Crippen molar-refractivity contribution in [2.45, 2.75) is 6.92 Å². The fraction of sp³-hybridized carbons (Fsp3) is 0.167. The maximum atomic E-state index is 13.0. The number of rotatable bonds is 2. The molecule has 3 aromatic heterocycles. The van der Waals surface area contributed by atoms with Gasteiger partial charge in [0.1, 0.15) is 21.7 Å². The number of nitrogens with zero attached hydrogens (tertiary/aromatic N) is 4. The number of hydrogen-bond acceptors (Lipinski definition) is 5. The number of aromatic nitrogens is 3. The second-order valence-electron chi connectivity index (χ2n) is 5.94. The molecule has 5 nitrogen and oxygen atoms in total. The third kappa shape index (κ3) is 2.18. The molecule has 0 amide bonds. The van der Waals surface area contributed by atoms with E-state index >= 15 is 0 Å². The molecule has 0 bridgehead atoms. The Labute approximate surface area is 142 Å². The summed E-state index contributed by atoms with van der Waals surface area (Å²) < 4.78 is 2.39. The van der Waals surface area contributed by atoms with E-state index in [2.05, 4.69) is 9.97 Å². The van der Waals surface area contributed by atoms with E-state index in [9.17, 15) is 4.79 Å². The van der Waals surface area contributed by atoms with Crippen molar-refractivity contribution in [2.75, 3.05) is 19.0 Å². The van der Waals surface area contributed by atoms with E-state index in [0.29, 0.717) is 4.70 Å². The summed E-state index contributed by atoms with van der Waals surface area (Å²) in [6, 6.07) is 9.91. The highest BCUT2D eigenvalue weighted by atomic mass is 32.1. The molecule has 0 aliphatic heterocycles. The summed E-state index contributed by atoms with van der Waals surface area (Å²) in [5, 5.41) is 1.85. The molecule has 0 radical (unpaired) electrons. The molecule has 120 valence electrons. The summed E-state index contributed by atoms with van der Waals surface area (Å²) in [5.74, 6) is 0.832. The van der Waals surface area contributed by atoms with Gasteiger partial charge >= 0.3 is 0 Å². The summed E-state index contributed by atoms with van der Waals surface area (Å²) in [5.41, 5.74) is 2.01. The van der Waals surface area contributed by atoms with Gasteiger partial charge in [-0.25, -0.2) is 9.97 Å². The summed E-state index contributed by atoms with van der Waals surface area (Å²) in [7, 11) is 3.89. The average Bonchev–Trinajstić information content (AvgIpc) is 2.96. The van der Waals surface area contributed by atoms with Gasteiger partial charge in [0.2, 0.25) is 0 Å². The van der Waals surface area contributed by atoms with E-state index in [-0.39, 0.29) is 5.56 Å². The smallest absolute Gasteiger partial charge is 0.273 e. The van der Waals surface area contributed by atoms with Crippen LogP contribution in [0, 0.1) is 6.92 Å². The molecule has 4 rings (SSSR count). The van der Waals surface area contributed by atoms with Crippen molar-refractivity contribution in [3.8, 4) is 5.69 Å². The second-order valence-corrected chi connectivity index (χ2v) is 6.94. The molecule has 4 aromatic rings. The lowest BCUT2D eigenvalue weighted by Crippen LogP contribution is -2.16. The third-order valence-electron chi connectivity index (χ3n) is 4.04. The number of thiophene rings is 1. The highest BCUT2D eigenvalue weighted by Crippen LogP contribution is 2.35. The lowest BCUT2D eigenvalue weighted by molar-refractivity contribution is 1.01. The number of hydrogen-bond donors (Lipinski definition) is 0. The van der Waals surface area contributed by atoms with Gasteiger partial charge in [-0.1, -0.05) is 17.7 Å². The van der Waals surface area contributed by atoms with Gasteiger partial charge in [0, 0.05) is 31.4 Å². The number of fused-ring (bicyclic) bond motifs is 3. The molecule has 3 heterocycles. The first-order valence-corrected chi connectivity index (χ1v) is 8.41. The van der Waals surface area contributed by atoms with Crippen molar-refractivity contribution in [1.29, 1.82) is 0 Å². The lowest BCUT2D eigenvalue weighted by Gasteiger charge is -2.12. The first kappa shape index (κ1) is 14.8. The zero-order valence-electron chi connectivity index (χ0n) is 13.6. The Balaban J connectivity index is 2.04. The van der Waals surface area contributed by atoms with Crippen LogP contribution < -0.4 is 10.5 Å². The summed E-state index contributed by atoms with van der Waals surface area (Å²) >= 11 is 1.42. The third-order valence-corrected chi connectivity index (χ3v) is 5.15. The van der Waals surface area contributed by atoms with E-state index in [1.165, 1.54) is 16.9 Å². The van der Waals surface area contributed by atoms with Crippen LogP contribution in [0.1, 0.15) is 5.56 Å². The Morgan fingerprint density at radius 2 is 1.83 bits per heavy atom. The van der Waals surface area contributed by atoms with Gasteiger partial charge in [-0.2, -0.15) is 0 Å². The molecular formula is C18H16N4OS. The van der Waals surface area contributed by atoms with Crippen LogP contribution in [-0.2, 0) is 0 Å². The molecular weight excluding hydrogens is 320 g/mol. The molecule has 24 heavy (non-hydrogen) atoms. The minimum absolute atomic E-state index is 0.0240. The predicted octanol–water partition coefficient (Wildman–Crippen LogP) is 3.37. The van der Waals surface area contributed by atoms with Crippen molar-refractivity contribution in [1.82, 2.24) is 14.5 Å². The maximum absolute atomic E-state index is 13.0. The van der Waals surface area contributed by atoms with E-state index in [4.69, 9.17) is 0 Å². The van der Waals surface area contributed by atoms with Crippen LogP contribution in [0.15, 0.2) is 47.7 Å². The SMILES string of the molecule is Cc1ccc(-n2ccc3c(sc4ncnc(N(C)C)c43)c2=O)cc1. The minimum Gasteiger partial charge on any atom is -0.362 e. The zero-order valence-corrected chi connectivity index (χ0v) is 14.5. The number of pyridine rings is 1. The van der Waals surface area contributed by atoms with E-state index in [1.54, 1.807) is 10.9 Å². The zero-order chi connectivity index (χ0) is 16.8. The fourth-order valence-corrected chi connectivity index (χ4v) is 3.89. The topological polar surface area (TPSA) is 51.0 Å². The number of anilines is 1. The molecule has 0 saturated carbocycles. The van der Waals surface area contributed by atoms with Crippen LogP contribution in [-0.4, -0.2) is 28.6 Å². The van der Waals surface area contributed by atoms with Gasteiger partial charge < -0.3 is 4.90 Å². The van der Waals surface area contributed by atoms with Gasteiger partial charge in [-0.05, 0) is 25.1 Å². The molecule has 0 unspecified atom stereocenters. The average molecular weight is 336 g/mol. The highest BCUT2D eigenvalue weighted by molar-refractivity contribution is 7.25. The van der Waals surface area contributed by atoms with Crippen LogP contribution in [0.2, 0.25) is 0 Å². The number of aryl methyl sites for hydroxylation is 1. The van der Waals surface area contributed by atoms with Crippen LogP contribution in [0.25, 0.3) is 26.0 Å². The Morgan fingerprint density at radius 3 is 2.54 bits per heavy atom. The molecule has 0 N–H and O–H groups in total. The second kappa shape index (κ2) is 5.42. The van der Waals surface area contributed by atoms with Crippen molar-refractivity contribution in [3.63, 3.8) is 0 Å². The fourth-order valence-electron chi connectivity index (χ4n) is 2.83. The van der Waals surface area contributed by atoms with Crippen molar-refractivity contribution < 1.29 is 0 Å². The quantitative estimate of drug-likeness (QED) is 0.563. The van der Waals surface area contributed by atoms with E-state index in [1.807, 2.05) is 62.4 Å². The maximum Gasteiger partial charge on any atom is 0.273 e. The van der Waals surface area contributed by atoms with Crippen molar-refractivity contribution >= 4 is 37.5 Å². The van der Waals surface area contributed by atoms with Crippen LogP contribution in [0.5, 0.6) is 0 Å². The summed E-state index contributed by atoms with van der Waals surface area (Å²) in [6.07, 6.45) is 3.37. The monoisotopic (exact) mass is 336 g/mol. The van der Waals surface area contributed by atoms with E-state index in [0.717, 1.165) is 27.1 Å². The molecule has 6 heteroatoms. The number of benzene rings is 1.